The van der Waals surface area contributed by atoms with Crippen LogP contribution in [0.1, 0.15) is 0 Å². The zero-order valence-electron chi connectivity index (χ0n) is 2.58. The van der Waals surface area contributed by atoms with Crippen molar-refractivity contribution in [2.75, 3.05) is 0 Å². The maximum atomic E-state index is 9.53. The summed E-state index contributed by atoms with van der Waals surface area (Å²) in [4.78, 5) is 18.9. The van der Waals surface area contributed by atoms with Gasteiger partial charge in [-0.3, -0.25) is 0 Å². The van der Waals surface area contributed by atoms with Crippen LogP contribution < -0.4 is 0 Å². The molecule has 0 aromatic heterocycles. The summed E-state index contributed by atoms with van der Waals surface area (Å²) < 4.78 is -0.852. The van der Waals surface area contributed by atoms with Crippen LogP contribution in [0.25, 0.3) is 0 Å². The van der Waals surface area contributed by atoms with E-state index in [-0.39, 0.29) is 0 Å². The molecule has 1 N–H and O–H groups in total. The Morgan fingerprint density at radius 3 is 1.67 bits per heavy atom. The summed E-state index contributed by atoms with van der Waals surface area (Å²) in [5.41, 5.74) is 0. The number of rotatable bonds is 1. The summed E-state index contributed by atoms with van der Waals surface area (Å²) in [5, 5.41) is 7.63. The van der Waals surface area contributed by atoms with Crippen molar-refractivity contribution >= 4 is 10.1 Å². The van der Waals surface area contributed by atoms with Gasteiger partial charge in [-0.15, -0.1) is 0 Å². The first kappa shape index (κ1) is 5.83. The Kier molecular flexibility index (Phi) is 2.02. The van der Waals surface area contributed by atoms with Gasteiger partial charge in [0.15, 0.2) is 0 Å². The molecule has 0 bridgehead atoms. The van der Waals surface area contributed by atoms with Gasteiger partial charge in [0.1, 0.15) is 0 Å². The van der Waals surface area contributed by atoms with Crippen molar-refractivity contribution in [1.82, 2.24) is 0 Å². The molecule has 0 aliphatic rings. The first-order valence-corrected chi connectivity index (χ1v) is 2.18. The first-order valence-electron chi connectivity index (χ1n) is 1.04. The standard InChI is InChI=1S/C2HO3.Pt/c3-1-2(4)5;/h(H,4,5);. The third kappa shape index (κ3) is 2.09. The van der Waals surface area contributed by atoms with Gasteiger partial charge in [-0.1, -0.05) is 0 Å². The number of carbonyl (C=O) groups is 2. The van der Waals surface area contributed by atoms with E-state index >= 15 is 0 Å². The molecule has 0 amide bonds. The number of hydrogen-bond acceptors (Lipinski definition) is 2. The number of carbonyl (C=O) groups excluding carboxylic acids is 1. The van der Waals surface area contributed by atoms with Crippen molar-refractivity contribution in [3.63, 3.8) is 0 Å². The van der Waals surface area contributed by atoms with Crippen LogP contribution in [0.2, 0.25) is 0 Å². The molecule has 0 aromatic rings. The second kappa shape index (κ2) is 2.08. The van der Waals surface area contributed by atoms with Gasteiger partial charge in [0.25, 0.3) is 0 Å². The van der Waals surface area contributed by atoms with Crippen LogP contribution in [0, 0.1) is 0 Å². The predicted molar refractivity (Wildman–Crippen MR) is 12.6 cm³/mol. The molecule has 0 aliphatic heterocycles. The van der Waals surface area contributed by atoms with Crippen LogP contribution in [-0.4, -0.2) is 15.2 Å². The van der Waals surface area contributed by atoms with Crippen LogP contribution in [0.15, 0.2) is 0 Å². The monoisotopic (exact) mass is 268 g/mol. The Morgan fingerprint density at radius 1 is 1.50 bits per heavy atom. The molecule has 37 valence electrons. The quantitative estimate of drug-likeness (QED) is 0.630. The zero-order chi connectivity index (χ0) is 5.15. The number of aliphatic carboxylic acids is 1. The molecule has 4 heteroatoms. The van der Waals surface area contributed by atoms with Gasteiger partial charge in [-0.05, 0) is 0 Å². The topological polar surface area (TPSA) is 54.4 Å². The van der Waals surface area contributed by atoms with Gasteiger partial charge < -0.3 is 0 Å². The van der Waals surface area contributed by atoms with Crippen molar-refractivity contribution in [3.8, 4) is 0 Å². The number of carboxylic acid groups (broad SMARTS) is 1. The van der Waals surface area contributed by atoms with Gasteiger partial charge in [0, 0.05) is 0 Å². The predicted octanol–water partition coefficient (Wildman–Crippen LogP) is -0.856. The molecule has 0 spiro atoms. The summed E-state index contributed by atoms with van der Waals surface area (Å²) in [6.07, 6.45) is 0. The molecule has 0 unspecified atom stereocenters. The zero-order valence-corrected chi connectivity index (χ0v) is 4.85. The summed E-state index contributed by atoms with van der Waals surface area (Å²) in [6, 6.07) is 0. The molecule has 0 heterocycles. The van der Waals surface area contributed by atoms with E-state index in [2.05, 4.69) is 0 Å². The number of carboxylic acids is 1. The fourth-order valence-electron chi connectivity index (χ4n) is 0. The van der Waals surface area contributed by atoms with Crippen molar-refractivity contribution in [2.24, 2.45) is 0 Å². The Morgan fingerprint density at radius 2 is 1.67 bits per heavy atom. The van der Waals surface area contributed by atoms with Gasteiger partial charge in [0.05, 0.1) is 0 Å². The van der Waals surface area contributed by atoms with Crippen LogP contribution in [0.3, 0.4) is 0 Å². The summed E-state index contributed by atoms with van der Waals surface area (Å²) in [5.74, 6) is -1.39. The van der Waals surface area contributed by atoms with Crippen LogP contribution in [-0.2, 0) is 29.4 Å². The van der Waals surface area contributed by atoms with E-state index in [4.69, 9.17) is 5.11 Å². The fraction of sp³-hybridized carbons (Fsp3) is 0. The van der Waals surface area contributed by atoms with Crippen molar-refractivity contribution < 1.29 is 34.5 Å². The molecule has 0 saturated carbocycles. The van der Waals surface area contributed by atoms with Crippen molar-refractivity contribution in [3.05, 3.63) is 0 Å². The Labute approximate surface area is 45.2 Å². The van der Waals surface area contributed by atoms with Crippen LogP contribution >= 0.6 is 0 Å². The van der Waals surface area contributed by atoms with E-state index in [1.54, 1.807) is 0 Å². The minimum absolute atomic E-state index is 0.852. The third-order valence-electron chi connectivity index (χ3n) is 0.155. The molecule has 0 rings (SSSR count). The van der Waals surface area contributed by atoms with Gasteiger partial charge in [-0.2, -0.15) is 0 Å². The summed E-state index contributed by atoms with van der Waals surface area (Å²) in [6.45, 7) is 0. The summed E-state index contributed by atoms with van der Waals surface area (Å²) in [7, 11) is 0. The van der Waals surface area contributed by atoms with Crippen LogP contribution in [0.4, 0.5) is 0 Å². The molecule has 0 radical (unpaired) electrons. The maximum absolute atomic E-state index is 9.53. The molecule has 3 nitrogen and oxygen atoms in total. The van der Waals surface area contributed by atoms with E-state index in [1.807, 2.05) is 0 Å². The second-order valence-corrected chi connectivity index (χ2v) is 1.58. The van der Waals surface area contributed by atoms with Crippen molar-refractivity contribution in [2.45, 2.75) is 0 Å². The van der Waals surface area contributed by atoms with Crippen molar-refractivity contribution in [1.29, 1.82) is 0 Å². The second-order valence-electron chi connectivity index (χ2n) is 0.551. The van der Waals surface area contributed by atoms with Gasteiger partial charge in [0.2, 0.25) is 0 Å². The van der Waals surface area contributed by atoms with E-state index < -0.39 is 10.1 Å². The Hall–Kier alpha value is -0.172. The average molecular weight is 268 g/mol. The molecule has 0 atom stereocenters. The Bertz CT molecular complexity index is 74.8. The minimum atomic E-state index is -1.39. The third-order valence-corrected chi connectivity index (χ3v) is 0.641. The molecular weight excluding hydrogens is 267 g/mol. The fourth-order valence-corrected chi connectivity index (χ4v) is 0. The van der Waals surface area contributed by atoms with E-state index in [0.717, 1.165) is 0 Å². The summed E-state index contributed by atoms with van der Waals surface area (Å²) >= 11 is 1.18. The molecule has 6 heavy (non-hydrogen) atoms. The molecular formula is C2HO3Pt. The molecule has 0 aliphatic carbocycles. The Balaban J connectivity index is 3.57. The van der Waals surface area contributed by atoms with Crippen LogP contribution in [0.5, 0.6) is 0 Å². The van der Waals surface area contributed by atoms with E-state index in [0.29, 0.717) is 0 Å². The first-order chi connectivity index (χ1) is 2.64. The van der Waals surface area contributed by atoms with Gasteiger partial charge in [-0.25, -0.2) is 0 Å². The van der Waals surface area contributed by atoms with Gasteiger partial charge >= 0.3 is 44.7 Å². The number of hydrogen-bond donors (Lipinski definition) is 1. The normalized spacial score (nSPS) is 7.67. The van der Waals surface area contributed by atoms with E-state index in [9.17, 15) is 9.59 Å². The molecule has 0 saturated heterocycles. The SMILES string of the molecule is O=C(O)[C](=O)[Pt]. The van der Waals surface area contributed by atoms with E-state index in [1.165, 1.54) is 19.8 Å². The average Bonchev–Trinajstić information content (AvgIpc) is 1.36. The molecule has 0 fully saturated rings. The molecule has 0 aromatic carbocycles.